The maximum Gasteiger partial charge on any atom is 0.410 e. The number of carboxylic acids is 1. The second kappa shape index (κ2) is 8.71. The molecule has 2 fully saturated rings. The molecule has 3 rings (SSSR count). The lowest BCUT2D eigenvalue weighted by Crippen LogP contribution is -2.61. The van der Waals surface area contributed by atoms with Crippen LogP contribution in [0.25, 0.3) is 0 Å². The van der Waals surface area contributed by atoms with E-state index in [0.717, 1.165) is 18.4 Å². The Hall–Kier alpha value is -2.48. The smallest absolute Gasteiger partial charge is 0.410 e. The van der Waals surface area contributed by atoms with E-state index in [1.54, 1.807) is 19.1 Å². The SMILES string of the molecule is COc1ccc(CN(C2CC2)C(C(=O)O)C2CN(C(=O)OC(C)(C)C)C2)c(OC)c1. The van der Waals surface area contributed by atoms with Crippen molar-refractivity contribution in [1.29, 1.82) is 0 Å². The van der Waals surface area contributed by atoms with Gasteiger partial charge < -0.3 is 24.2 Å². The molecule has 1 aromatic carbocycles. The molecule has 1 atom stereocenters. The van der Waals surface area contributed by atoms with Crippen LogP contribution in [0.5, 0.6) is 11.5 Å². The average molecular weight is 421 g/mol. The molecule has 1 N–H and O–H groups in total. The van der Waals surface area contributed by atoms with E-state index < -0.39 is 23.7 Å². The van der Waals surface area contributed by atoms with Gasteiger partial charge in [0.25, 0.3) is 0 Å². The zero-order valence-corrected chi connectivity index (χ0v) is 18.4. The van der Waals surface area contributed by atoms with Crippen molar-refractivity contribution in [3.8, 4) is 11.5 Å². The molecule has 1 heterocycles. The van der Waals surface area contributed by atoms with E-state index in [-0.39, 0.29) is 12.0 Å². The highest BCUT2D eigenvalue weighted by Gasteiger charge is 2.47. The molecule has 1 saturated heterocycles. The summed E-state index contributed by atoms with van der Waals surface area (Å²) in [5, 5.41) is 10.0. The minimum absolute atomic E-state index is 0.139. The predicted octanol–water partition coefficient (Wildman–Crippen LogP) is 2.99. The fourth-order valence-corrected chi connectivity index (χ4v) is 3.84. The Bertz CT molecular complexity index is 780. The quantitative estimate of drug-likeness (QED) is 0.692. The number of benzene rings is 1. The Kier molecular flexibility index (Phi) is 6.45. The molecule has 0 radical (unpaired) electrons. The lowest BCUT2D eigenvalue weighted by Gasteiger charge is -2.45. The van der Waals surface area contributed by atoms with Crippen LogP contribution in [0.1, 0.15) is 39.2 Å². The molecule has 1 amide bonds. The molecule has 1 aliphatic heterocycles. The number of ether oxygens (including phenoxy) is 3. The molecule has 8 heteroatoms. The number of carbonyl (C=O) groups excluding carboxylic acids is 1. The first-order valence-electron chi connectivity index (χ1n) is 10.3. The van der Waals surface area contributed by atoms with E-state index in [2.05, 4.69) is 0 Å². The first kappa shape index (κ1) is 22.2. The van der Waals surface area contributed by atoms with Gasteiger partial charge in [0.15, 0.2) is 0 Å². The van der Waals surface area contributed by atoms with Gasteiger partial charge in [0.1, 0.15) is 23.1 Å². The number of likely N-dealkylation sites (tertiary alicyclic amines) is 1. The summed E-state index contributed by atoms with van der Waals surface area (Å²) in [6.07, 6.45) is 1.56. The summed E-state index contributed by atoms with van der Waals surface area (Å²) in [6, 6.07) is 5.15. The van der Waals surface area contributed by atoms with Gasteiger partial charge in [0.2, 0.25) is 0 Å². The number of hydrogen-bond donors (Lipinski definition) is 1. The Morgan fingerprint density at radius 1 is 1.20 bits per heavy atom. The molecule has 0 spiro atoms. The van der Waals surface area contributed by atoms with Crippen molar-refractivity contribution in [2.24, 2.45) is 5.92 Å². The van der Waals surface area contributed by atoms with Crippen LogP contribution in [-0.2, 0) is 16.1 Å². The summed E-state index contributed by atoms with van der Waals surface area (Å²) in [4.78, 5) is 28.1. The molecule has 0 aromatic heterocycles. The van der Waals surface area contributed by atoms with Crippen molar-refractivity contribution in [1.82, 2.24) is 9.80 Å². The Morgan fingerprint density at radius 2 is 1.87 bits per heavy atom. The van der Waals surface area contributed by atoms with Crippen LogP contribution in [0.3, 0.4) is 0 Å². The zero-order valence-electron chi connectivity index (χ0n) is 18.4. The van der Waals surface area contributed by atoms with E-state index in [1.165, 1.54) is 0 Å². The minimum Gasteiger partial charge on any atom is -0.497 e. The Balaban J connectivity index is 1.73. The highest BCUT2D eigenvalue weighted by atomic mass is 16.6. The number of carbonyl (C=O) groups is 2. The molecule has 2 aliphatic rings. The predicted molar refractivity (Wildman–Crippen MR) is 111 cm³/mol. The summed E-state index contributed by atoms with van der Waals surface area (Å²) in [5.41, 5.74) is 0.346. The van der Waals surface area contributed by atoms with Crippen molar-refractivity contribution in [2.45, 2.75) is 57.8 Å². The number of rotatable bonds is 8. The lowest BCUT2D eigenvalue weighted by molar-refractivity contribution is -0.149. The van der Waals surface area contributed by atoms with Crippen LogP contribution >= 0.6 is 0 Å². The number of nitrogens with zero attached hydrogens (tertiary/aromatic N) is 2. The summed E-state index contributed by atoms with van der Waals surface area (Å²) >= 11 is 0. The van der Waals surface area contributed by atoms with Crippen LogP contribution in [0, 0.1) is 5.92 Å². The summed E-state index contributed by atoms with van der Waals surface area (Å²) in [7, 11) is 3.19. The van der Waals surface area contributed by atoms with Crippen LogP contribution < -0.4 is 9.47 Å². The first-order valence-corrected chi connectivity index (χ1v) is 10.3. The van der Waals surface area contributed by atoms with E-state index in [9.17, 15) is 14.7 Å². The molecule has 1 saturated carbocycles. The molecular formula is C22H32N2O6. The molecule has 1 aromatic rings. The van der Waals surface area contributed by atoms with Gasteiger partial charge in [-0.2, -0.15) is 0 Å². The monoisotopic (exact) mass is 420 g/mol. The number of methoxy groups -OCH3 is 2. The van der Waals surface area contributed by atoms with Crippen molar-refractivity contribution in [2.75, 3.05) is 27.3 Å². The molecule has 166 valence electrons. The number of carboxylic acid groups (broad SMARTS) is 1. The van der Waals surface area contributed by atoms with Crippen LogP contribution in [0.2, 0.25) is 0 Å². The molecule has 8 nitrogen and oxygen atoms in total. The van der Waals surface area contributed by atoms with E-state index in [1.807, 2.05) is 43.9 Å². The van der Waals surface area contributed by atoms with Crippen molar-refractivity contribution in [3.63, 3.8) is 0 Å². The standard InChI is InChI=1S/C22H32N2O6/c1-22(2,3)30-21(27)23-11-15(12-23)19(20(25)26)24(16-7-8-16)13-14-6-9-17(28-4)10-18(14)29-5/h6,9-10,15-16,19H,7-8,11-13H2,1-5H3,(H,25,26). The van der Waals surface area contributed by atoms with Gasteiger partial charge in [-0.25, -0.2) is 4.79 Å². The average Bonchev–Trinajstić information content (AvgIpc) is 3.45. The van der Waals surface area contributed by atoms with Gasteiger partial charge in [0, 0.05) is 43.2 Å². The molecule has 0 bridgehead atoms. The second-order valence-electron chi connectivity index (χ2n) is 9.01. The fourth-order valence-electron chi connectivity index (χ4n) is 3.84. The topological polar surface area (TPSA) is 88.5 Å². The number of aliphatic carboxylic acids is 1. The zero-order chi connectivity index (χ0) is 22.1. The maximum atomic E-state index is 12.2. The summed E-state index contributed by atoms with van der Waals surface area (Å²) in [6.45, 7) is 6.69. The Morgan fingerprint density at radius 3 is 2.37 bits per heavy atom. The first-order chi connectivity index (χ1) is 14.1. The Labute approximate surface area is 177 Å². The highest BCUT2D eigenvalue weighted by molar-refractivity contribution is 5.75. The molecule has 1 unspecified atom stereocenters. The van der Waals surface area contributed by atoms with Gasteiger partial charge in [0.05, 0.1) is 14.2 Å². The van der Waals surface area contributed by atoms with Gasteiger partial charge in [-0.1, -0.05) is 6.07 Å². The molecular weight excluding hydrogens is 388 g/mol. The van der Waals surface area contributed by atoms with Gasteiger partial charge in [-0.3, -0.25) is 9.69 Å². The third kappa shape index (κ3) is 5.16. The highest BCUT2D eigenvalue weighted by Crippen LogP contribution is 2.37. The number of amides is 1. The normalized spacial score (nSPS) is 18.0. The van der Waals surface area contributed by atoms with E-state index in [0.29, 0.717) is 31.1 Å². The summed E-state index contributed by atoms with van der Waals surface area (Å²) < 4.78 is 16.2. The maximum absolute atomic E-state index is 12.2. The van der Waals surface area contributed by atoms with Crippen molar-refractivity contribution < 1.29 is 28.9 Å². The largest absolute Gasteiger partial charge is 0.497 e. The van der Waals surface area contributed by atoms with E-state index in [4.69, 9.17) is 14.2 Å². The molecule has 1 aliphatic carbocycles. The van der Waals surface area contributed by atoms with E-state index >= 15 is 0 Å². The fraction of sp³-hybridized carbons (Fsp3) is 0.636. The van der Waals surface area contributed by atoms with Crippen LogP contribution in [0.15, 0.2) is 18.2 Å². The van der Waals surface area contributed by atoms with Crippen molar-refractivity contribution in [3.05, 3.63) is 23.8 Å². The van der Waals surface area contributed by atoms with Crippen molar-refractivity contribution >= 4 is 12.1 Å². The number of hydrogen-bond acceptors (Lipinski definition) is 6. The minimum atomic E-state index is -0.858. The second-order valence-corrected chi connectivity index (χ2v) is 9.01. The lowest BCUT2D eigenvalue weighted by atomic mass is 9.90. The third-order valence-electron chi connectivity index (χ3n) is 5.48. The molecule has 30 heavy (non-hydrogen) atoms. The van der Waals surface area contributed by atoms with Gasteiger partial charge >= 0.3 is 12.1 Å². The third-order valence-corrected chi connectivity index (χ3v) is 5.48. The van der Waals surface area contributed by atoms with Gasteiger partial charge in [-0.15, -0.1) is 0 Å². The van der Waals surface area contributed by atoms with Crippen LogP contribution in [-0.4, -0.2) is 72.0 Å². The van der Waals surface area contributed by atoms with Gasteiger partial charge in [-0.05, 0) is 39.7 Å². The van der Waals surface area contributed by atoms with Crippen LogP contribution in [0.4, 0.5) is 4.79 Å². The summed E-state index contributed by atoms with van der Waals surface area (Å²) in [5.74, 6) is 0.367.